The highest BCUT2D eigenvalue weighted by atomic mass is 15.2. The Hall–Kier alpha value is -3.29. The van der Waals surface area contributed by atoms with E-state index < -0.39 is 0 Å². The number of nitrogens with zero attached hydrogens (tertiary/aromatic N) is 7. The molecule has 0 spiro atoms. The van der Waals surface area contributed by atoms with Crippen LogP contribution in [0.5, 0.6) is 0 Å². The van der Waals surface area contributed by atoms with Crippen molar-refractivity contribution in [2.75, 3.05) is 18.0 Å². The third kappa shape index (κ3) is 3.03. The third-order valence-electron chi connectivity index (χ3n) is 5.11. The summed E-state index contributed by atoms with van der Waals surface area (Å²) < 4.78 is 2.23. The van der Waals surface area contributed by atoms with Crippen LogP contribution >= 0.6 is 0 Å². The minimum absolute atomic E-state index is 0.360. The molecule has 1 saturated heterocycles. The number of nitrogens with one attached hydrogen (secondary N) is 1. The zero-order valence-electron chi connectivity index (χ0n) is 14.9. The molecule has 8 heteroatoms. The molecule has 136 valence electrons. The van der Waals surface area contributed by atoms with Crippen molar-refractivity contribution in [3.8, 4) is 0 Å². The van der Waals surface area contributed by atoms with Crippen molar-refractivity contribution < 1.29 is 0 Å². The number of aromatic amines is 1. The van der Waals surface area contributed by atoms with Gasteiger partial charge in [0.15, 0.2) is 11.5 Å². The van der Waals surface area contributed by atoms with Crippen LogP contribution in [0, 0.1) is 0 Å². The predicted molar refractivity (Wildman–Crippen MR) is 101 cm³/mol. The Kier molecular flexibility index (Phi) is 4.00. The number of fused-ring (bicyclic) bond motifs is 1. The molecular weight excluding hydrogens is 340 g/mol. The van der Waals surface area contributed by atoms with Gasteiger partial charge in [-0.2, -0.15) is 0 Å². The van der Waals surface area contributed by atoms with Crippen molar-refractivity contribution in [1.82, 2.24) is 34.5 Å². The maximum absolute atomic E-state index is 4.68. The van der Waals surface area contributed by atoms with Crippen molar-refractivity contribution in [3.63, 3.8) is 0 Å². The van der Waals surface area contributed by atoms with Crippen LogP contribution in [0.3, 0.4) is 0 Å². The van der Waals surface area contributed by atoms with Gasteiger partial charge >= 0.3 is 0 Å². The highest BCUT2D eigenvalue weighted by molar-refractivity contribution is 5.82. The summed E-state index contributed by atoms with van der Waals surface area (Å²) >= 11 is 0. The van der Waals surface area contributed by atoms with Gasteiger partial charge in [0.25, 0.3) is 0 Å². The molecule has 0 amide bonds. The molecule has 0 radical (unpaired) electrons. The molecule has 4 aromatic rings. The molecule has 0 unspecified atom stereocenters. The van der Waals surface area contributed by atoms with Gasteiger partial charge in [-0.05, 0) is 24.5 Å². The van der Waals surface area contributed by atoms with Gasteiger partial charge in [0.05, 0.1) is 12.9 Å². The molecule has 1 atom stereocenters. The molecule has 0 aromatic carbocycles. The van der Waals surface area contributed by atoms with Crippen LogP contribution in [0.4, 0.5) is 5.82 Å². The Morgan fingerprint density at radius 2 is 2.15 bits per heavy atom. The van der Waals surface area contributed by atoms with Crippen molar-refractivity contribution >= 4 is 17.0 Å². The van der Waals surface area contributed by atoms with Crippen LogP contribution in [0.15, 0.2) is 49.6 Å². The number of imidazole rings is 2. The van der Waals surface area contributed by atoms with E-state index >= 15 is 0 Å². The first-order valence-electron chi connectivity index (χ1n) is 9.17. The summed E-state index contributed by atoms with van der Waals surface area (Å²) in [6.45, 7) is 2.65. The number of rotatable bonds is 4. The normalized spacial score (nSPS) is 17.5. The van der Waals surface area contributed by atoms with Crippen molar-refractivity contribution in [2.24, 2.45) is 0 Å². The van der Waals surface area contributed by atoms with Gasteiger partial charge in [0.2, 0.25) is 0 Å². The van der Waals surface area contributed by atoms with Gasteiger partial charge in [-0.25, -0.2) is 19.9 Å². The van der Waals surface area contributed by atoms with Crippen LogP contribution in [0.25, 0.3) is 11.2 Å². The topological polar surface area (TPSA) is 88.4 Å². The largest absolute Gasteiger partial charge is 0.354 e. The number of aromatic nitrogens is 7. The molecule has 0 saturated carbocycles. The number of piperidine rings is 1. The summed E-state index contributed by atoms with van der Waals surface area (Å²) in [6.07, 6.45) is 13.1. The minimum Gasteiger partial charge on any atom is -0.354 e. The summed E-state index contributed by atoms with van der Waals surface area (Å²) in [6, 6.07) is 4.07. The van der Waals surface area contributed by atoms with Gasteiger partial charge in [-0.1, -0.05) is 6.07 Å². The van der Waals surface area contributed by atoms with E-state index in [9.17, 15) is 0 Å². The van der Waals surface area contributed by atoms with Crippen molar-refractivity contribution in [3.05, 3.63) is 61.0 Å². The smallest absolute Gasteiger partial charge is 0.182 e. The first kappa shape index (κ1) is 15.9. The fraction of sp³-hybridized carbons (Fsp3) is 0.316. The molecule has 1 N–H and O–H groups in total. The molecule has 0 aliphatic carbocycles. The van der Waals surface area contributed by atoms with Gasteiger partial charge in [0, 0.05) is 43.8 Å². The molecule has 5 heterocycles. The Morgan fingerprint density at radius 3 is 3.07 bits per heavy atom. The van der Waals surface area contributed by atoms with E-state index in [2.05, 4.69) is 51.6 Å². The van der Waals surface area contributed by atoms with Gasteiger partial charge in [0.1, 0.15) is 17.7 Å². The average molecular weight is 360 g/mol. The molecule has 1 aliphatic rings. The van der Waals surface area contributed by atoms with Crippen molar-refractivity contribution in [1.29, 1.82) is 0 Å². The SMILES string of the molecule is c1cncc(Cn2ccnc2[C@@H]2CCCN(c3ncnc4nc[nH]c34)C2)c1. The lowest BCUT2D eigenvalue weighted by molar-refractivity contribution is 0.474. The monoisotopic (exact) mass is 360 g/mol. The summed E-state index contributed by atoms with van der Waals surface area (Å²) in [5.74, 6) is 2.41. The first-order chi connectivity index (χ1) is 13.4. The first-order valence-corrected chi connectivity index (χ1v) is 9.17. The highest BCUT2D eigenvalue weighted by Crippen LogP contribution is 2.30. The number of hydrogen-bond acceptors (Lipinski definition) is 6. The van der Waals surface area contributed by atoms with Crippen LogP contribution in [-0.2, 0) is 6.54 Å². The zero-order valence-corrected chi connectivity index (χ0v) is 14.9. The van der Waals surface area contributed by atoms with Crippen LogP contribution in [0.2, 0.25) is 0 Å². The second-order valence-electron chi connectivity index (χ2n) is 6.86. The van der Waals surface area contributed by atoms with E-state index in [1.165, 1.54) is 5.56 Å². The van der Waals surface area contributed by atoms with Crippen molar-refractivity contribution in [2.45, 2.75) is 25.3 Å². The Bertz CT molecular complexity index is 1040. The molecule has 4 aromatic heterocycles. The second-order valence-corrected chi connectivity index (χ2v) is 6.86. The predicted octanol–water partition coefficient (Wildman–Crippen LogP) is 2.38. The van der Waals surface area contributed by atoms with Crippen LogP contribution < -0.4 is 4.90 Å². The number of H-pyrrole nitrogens is 1. The molecule has 5 rings (SSSR count). The average Bonchev–Trinajstić information content (AvgIpc) is 3.38. The lowest BCUT2D eigenvalue weighted by Crippen LogP contribution is -2.36. The zero-order chi connectivity index (χ0) is 18.1. The van der Waals surface area contributed by atoms with E-state index in [-0.39, 0.29) is 0 Å². The van der Waals surface area contributed by atoms with E-state index in [1.807, 2.05) is 18.5 Å². The molecule has 1 aliphatic heterocycles. The second kappa shape index (κ2) is 6.79. The molecule has 27 heavy (non-hydrogen) atoms. The Morgan fingerprint density at radius 1 is 1.15 bits per heavy atom. The maximum Gasteiger partial charge on any atom is 0.182 e. The molecule has 8 nitrogen and oxygen atoms in total. The van der Waals surface area contributed by atoms with Gasteiger partial charge < -0.3 is 14.5 Å². The summed E-state index contributed by atoms with van der Waals surface area (Å²) in [7, 11) is 0. The summed E-state index contributed by atoms with van der Waals surface area (Å²) in [5, 5.41) is 0. The lowest BCUT2D eigenvalue weighted by atomic mass is 9.97. The fourth-order valence-corrected chi connectivity index (χ4v) is 3.87. The number of anilines is 1. The van der Waals surface area contributed by atoms with E-state index in [0.29, 0.717) is 11.6 Å². The minimum atomic E-state index is 0.360. The van der Waals surface area contributed by atoms with Crippen LogP contribution in [-0.4, -0.2) is 47.6 Å². The molecular formula is C19H20N8. The lowest BCUT2D eigenvalue weighted by Gasteiger charge is -2.33. The quantitative estimate of drug-likeness (QED) is 0.601. The van der Waals surface area contributed by atoms with Gasteiger partial charge in [-0.15, -0.1) is 0 Å². The van der Waals surface area contributed by atoms with Crippen LogP contribution in [0.1, 0.15) is 30.1 Å². The summed E-state index contributed by atoms with van der Waals surface area (Å²) in [5.41, 5.74) is 2.79. The third-order valence-corrected chi connectivity index (χ3v) is 5.11. The highest BCUT2D eigenvalue weighted by Gasteiger charge is 2.27. The van der Waals surface area contributed by atoms with E-state index in [1.54, 1.807) is 18.9 Å². The molecule has 1 fully saturated rings. The number of pyridine rings is 1. The van der Waals surface area contributed by atoms with Gasteiger partial charge in [-0.3, -0.25) is 4.98 Å². The standard InChI is InChI=1S/C19H20N8/c1-3-14(9-20-5-1)10-27-8-6-21-18(27)15-4-2-7-26(11-15)19-16-17(23-12-22-16)24-13-25-19/h1,3,5-6,8-9,12-13,15H,2,4,7,10-11H2,(H,22,23,24,25)/t15-/m1/s1. The Labute approximate surface area is 156 Å². The Balaban J connectivity index is 1.41. The number of hydrogen-bond donors (Lipinski definition) is 1. The summed E-state index contributed by atoms with van der Waals surface area (Å²) in [4.78, 5) is 27.4. The fourth-order valence-electron chi connectivity index (χ4n) is 3.87. The van der Waals surface area contributed by atoms with E-state index in [0.717, 1.165) is 49.6 Å². The molecule has 0 bridgehead atoms. The van der Waals surface area contributed by atoms with E-state index in [4.69, 9.17) is 0 Å². The maximum atomic E-state index is 4.68.